The molecule has 45 heavy (non-hydrogen) atoms. The average Bonchev–Trinajstić information content (AvgIpc) is 3.26. The molecule has 1 N–H and O–H groups in total. The van der Waals surface area contributed by atoms with Gasteiger partial charge < -0.3 is 23.6 Å². The minimum atomic E-state index is -0.0894. The predicted molar refractivity (Wildman–Crippen MR) is 184 cm³/mol. The molecule has 244 valence electrons. The van der Waals surface area contributed by atoms with Crippen LogP contribution < -0.4 is 19.8 Å². The first-order valence-electron chi connectivity index (χ1n) is 15.9. The fourth-order valence-corrected chi connectivity index (χ4v) is 7.08. The van der Waals surface area contributed by atoms with E-state index in [1.165, 1.54) is 38.9 Å². The van der Waals surface area contributed by atoms with Crippen LogP contribution in [0.1, 0.15) is 57.8 Å². The molecule has 8 nitrogen and oxygen atoms in total. The Hall–Kier alpha value is -3.75. The number of rotatable bonds is 14. The molecule has 4 aromatic rings. The number of unbranched alkanes of at least 4 members (excludes halogenated alkanes) is 1. The maximum absolute atomic E-state index is 13.3. The van der Waals surface area contributed by atoms with Gasteiger partial charge in [-0.3, -0.25) is 14.6 Å². The van der Waals surface area contributed by atoms with Crippen molar-refractivity contribution < 1.29 is 18.7 Å². The number of ether oxygens (including phenoxy) is 3. The molecule has 1 unspecified atom stereocenters. The fraction of sp³-hybridized carbons (Fsp3) is 0.486. The molecule has 0 bridgehead atoms. The van der Waals surface area contributed by atoms with E-state index < -0.39 is 0 Å². The molecule has 8 heteroatoms. The number of fused-ring (bicyclic) bond motifs is 1. The van der Waals surface area contributed by atoms with Gasteiger partial charge in [0.05, 0.1) is 47.4 Å². The molecule has 0 fully saturated rings. The molecule has 1 heterocycles. The first-order valence-corrected chi connectivity index (χ1v) is 15.9. The van der Waals surface area contributed by atoms with E-state index in [9.17, 15) is 4.79 Å². The maximum Gasteiger partial charge on any atom is 0.274 e. The maximum atomic E-state index is 13.3. The summed E-state index contributed by atoms with van der Waals surface area (Å²) in [4.78, 5) is 15.7. The lowest BCUT2D eigenvalue weighted by Gasteiger charge is -2.41. The summed E-state index contributed by atoms with van der Waals surface area (Å²) in [6.07, 6.45) is 1.83. The Kier molecular flexibility index (Phi) is 10.7. The zero-order chi connectivity index (χ0) is 33.1. The third-order valence-corrected chi connectivity index (χ3v) is 9.00. The zero-order valence-electron chi connectivity index (χ0n) is 29.3. The van der Waals surface area contributed by atoms with Crippen molar-refractivity contribution in [2.24, 2.45) is 0 Å². The number of hydrogen-bond acceptors (Lipinski definition) is 5. The van der Waals surface area contributed by atoms with Crippen LogP contribution in [-0.4, -0.2) is 74.7 Å². The molecule has 0 saturated heterocycles. The number of aromatic nitrogens is 2. The van der Waals surface area contributed by atoms with Crippen LogP contribution in [0.2, 0.25) is 0 Å². The SMILES string of the molecule is COc1cc2c(=O)n(CCCCN(C)CC(c3c(C)cc(C)cc3C)[N+](C)(C)Cc3cc(C)cc(C)c3)[nH]c2c(OC)c1OC. The van der Waals surface area contributed by atoms with Crippen molar-refractivity contribution in [1.82, 2.24) is 14.7 Å². The Labute approximate surface area is 269 Å². The van der Waals surface area contributed by atoms with Crippen LogP contribution in [0.15, 0.2) is 41.2 Å². The number of nitrogens with one attached hydrogen (secondary N) is 1. The van der Waals surface area contributed by atoms with Crippen molar-refractivity contribution in [1.29, 1.82) is 0 Å². The van der Waals surface area contributed by atoms with Gasteiger partial charge in [-0.25, -0.2) is 0 Å². The van der Waals surface area contributed by atoms with Gasteiger partial charge >= 0.3 is 0 Å². The lowest BCUT2D eigenvalue weighted by Crippen LogP contribution is -2.47. The summed E-state index contributed by atoms with van der Waals surface area (Å²) >= 11 is 0. The highest BCUT2D eigenvalue weighted by atomic mass is 16.5. The Morgan fingerprint density at radius 1 is 0.822 bits per heavy atom. The van der Waals surface area contributed by atoms with E-state index in [4.69, 9.17) is 14.2 Å². The van der Waals surface area contributed by atoms with Crippen molar-refractivity contribution in [3.63, 3.8) is 0 Å². The fourth-order valence-electron chi connectivity index (χ4n) is 7.08. The highest BCUT2D eigenvalue weighted by Crippen LogP contribution is 2.41. The first-order chi connectivity index (χ1) is 21.3. The smallest absolute Gasteiger partial charge is 0.274 e. The minimum Gasteiger partial charge on any atom is -0.493 e. The third kappa shape index (κ3) is 7.56. The van der Waals surface area contributed by atoms with Gasteiger partial charge in [0.25, 0.3) is 5.56 Å². The van der Waals surface area contributed by atoms with E-state index in [2.05, 4.69) is 96.1 Å². The Morgan fingerprint density at radius 3 is 2.00 bits per heavy atom. The van der Waals surface area contributed by atoms with Crippen molar-refractivity contribution in [2.45, 2.75) is 66.6 Å². The van der Waals surface area contributed by atoms with Crippen molar-refractivity contribution in [3.8, 4) is 17.2 Å². The van der Waals surface area contributed by atoms with Crippen LogP contribution in [0.4, 0.5) is 0 Å². The molecule has 0 spiro atoms. The number of likely N-dealkylation sites (N-methyl/N-ethyl adjacent to an activating group) is 2. The molecule has 0 aliphatic heterocycles. The Morgan fingerprint density at radius 2 is 1.42 bits per heavy atom. The molecule has 0 aliphatic rings. The minimum absolute atomic E-state index is 0.0894. The van der Waals surface area contributed by atoms with Gasteiger partial charge in [0.1, 0.15) is 18.1 Å². The second-order valence-electron chi connectivity index (χ2n) is 13.4. The lowest BCUT2D eigenvalue weighted by atomic mass is 9.91. The summed E-state index contributed by atoms with van der Waals surface area (Å²) < 4.78 is 19.1. The molecular formula is C37H53N4O4+. The number of benzene rings is 3. The van der Waals surface area contributed by atoms with E-state index in [1.54, 1.807) is 32.1 Å². The molecular weight excluding hydrogens is 564 g/mol. The largest absolute Gasteiger partial charge is 0.493 e. The Bertz CT molecular complexity index is 1660. The lowest BCUT2D eigenvalue weighted by molar-refractivity contribution is -0.933. The summed E-state index contributed by atoms with van der Waals surface area (Å²) in [5.74, 6) is 1.41. The predicted octanol–water partition coefficient (Wildman–Crippen LogP) is 6.63. The van der Waals surface area contributed by atoms with Gasteiger partial charge in [0.2, 0.25) is 5.75 Å². The summed E-state index contributed by atoms with van der Waals surface area (Å²) in [5, 5.41) is 3.77. The molecule has 4 rings (SSSR count). The van der Waals surface area contributed by atoms with E-state index >= 15 is 0 Å². The normalized spacial score (nSPS) is 12.6. The standard InChI is InChI=1S/C37H52N4O4/c1-24-16-25(2)20-29(19-24)23-41(7,8)31(33-27(4)17-26(3)18-28(33)5)22-39(6)14-12-13-15-40-37(42)30-21-32(43-9)35(44-10)36(45-11)34(30)38-40/h16-21,31H,12-15,22-23H2,1-11H3/p+1. The number of aryl methyl sites for hydroxylation is 6. The molecule has 1 atom stereocenters. The number of methoxy groups -OCH3 is 3. The van der Waals surface area contributed by atoms with Crippen molar-refractivity contribution in [3.05, 3.63) is 85.7 Å². The number of quaternary nitrogens is 1. The van der Waals surface area contributed by atoms with Gasteiger partial charge in [-0.2, -0.15) is 0 Å². The van der Waals surface area contributed by atoms with Gasteiger partial charge in [0, 0.05) is 17.7 Å². The van der Waals surface area contributed by atoms with Gasteiger partial charge in [-0.05, 0) is 78.2 Å². The monoisotopic (exact) mass is 617 g/mol. The van der Waals surface area contributed by atoms with Crippen molar-refractivity contribution >= 4 is 10.9 Å². The van der Waals surface area contributed by atoms with Crippen LogP contribution in [0.3, 0.4) is 0 Å². The molecule has 0 amide bonds. The number of H-pyrrole nitrogens is 1. The van der Waals surface area contributed by atoms with Gasteiger partial charge in [0.15, 0.2) is 11.5 Å². The molecule has 1 aromatic heterocycles. The van der Waals surface area contributed by atoms with E-state index in [1.807, 2.05) is 0 Å². The second kappa shape index (κ2) is 14.1. The first kappa shape index (κ1) is 34.1. The summed E-state index contributed by atoms with van der Waals surface area (Å²) in [6, 6.07) is 13.6. The summed E-state index contributed by atoms with van der Waals surface area (Å²) in [7, 11) is 11.6. The van der Waals surface area contributed by atoms with E-state index in [0.717, 1.165) is 37.0 Å². The number of nitrogens with zero attached hydrogens (tertiary/aromatic N) is 3. The average molecular weight is 618 g/mol. The highest BCUT2D eigenvalue weighted by molar-refractivity contribution is 5.89. The molecule has 0 aliphatic carbocycles. The zero-order valence-corrected chi connectivity index (χ0v) is 29.3. The Balaban J connectivity index is 1.50. The second-order valence-corrected chi connectivity index (χ2v) is 13.4. The number of hydrogen-bond donors (Lipinski definition) is 1. The number of aromatic amines is 1. The van der Waals surface area contributed by atoms with E-state index in [0.29, 0.717) is 40.7 Å². The van der Waals surface area contributed by atoms with Crippen molar-refractivity contribution in [2.75, 3.05) is 55.6 Å². The van der Waals surface area contributed by atoms with Gasteiger partial charge in [-0.1, -0.05) is 47.0 Å². The quantitative estimate of drug-likeness (QED) is 0.127. The van der Waals surface area contributed by atoms with E-state index in [-0.39, 0.29) is 5.56 Å². The summed E-state index contributed by atoms with van der Waals surface area (Å²) in [5.41, 5.74) is 10.0. The van der Waals surface area contributed by atoms with Gasteiger partial charge in [-0.15, -0.1) is 0 Å². The highest BCUT2D eigenvalue weighted by Gasteiger charge is 2.34. The van der Waals surface area contributed by atoms with Crippen LogP contribution in [0.5, 0.6) is 17.2 Å². The van der Waals surface area contributed by atoms with Crippen LogP contribution in [0.25, 0.3) is 10.9 Å². The van der Waals surface area contributed by atoms with Crippen LogP contribution in [0, 0.1) is 34.6 Å². The topological polar surface area (TPSA) is 68.7 Å². The third-order valence-electron chi connectivity index (χ3n) is 9.00. The molecule has 0 saturated carbocycles. The molecule has 0 radical (unpaired) electrons. The molecule has 3 aromatic carbocycles. The van der Waals surface area contributed by atoms with Crippen LogP contribution >= 0.6 is 0 Å². The summed E-state index contributed by atoms with van der Waals surface area (Å²) in [6.45, 7) is 14.5. The van der Waals surface area contributed by atoms with Crippen LogP contribution in [-0.2, 0) is 13.1 Å².